The first-order valence-electron chi connectivity index (χ1n) is 20.2. The van der Waals surface area contributed by atoms with Crippen LogP contribution in [0.1, 0.15) is 96.3 Å². The molecule has 0 aliphatic rings. The van der Waals surface area contributed by atoms with Crippen LogP contribution in [0.15, 0.2) is 128 Å². The lowest BCUT2D eigenvalue weighted by atomic mass is 9.68. The number of hydrogen-bond donors (Lipinski definition) is 2. The molecule has 4 aromatic carbocycles. The number of pyridine rings is 2. The number of aryl methyl sites for hydroxylation is 2. The Kier molecular flexibility index (Phi) is 14.6. The highest BCUT2D eigenvalue weighted by Gasteiger charge is 2.33. The van der Waals surface area contributed by atoms with Crippen LogP contribution in [0.5, 0.6) is 11.5 Å². The van der Waals surface area contributed by atoms with E-state index >= 15 is 0 Å². The number of carbonyl (C=O) groups excluding carboxylic acids is 2. The summed E-state index contributed by atoms with van der Waals surface area (Å²) in [5.74, 6) is 0.762. The summed E-state index contributed by atoms with van der Waals surface area (Å²) in [6, 6.07) is 36.9. The Balaban J connectivity index is 1.27. The molecule has 2 aromatic heterocycles. The number of nitrogens with one attached hydrogen (secondary N) is 2. The third-order valence-corrected chi connectivity index (χ3v) is 10.9. The Morgan fingerprint density at radius 2 is 1.47 bits per heavy atom. The van der Waals surface area contributed by atoms with Crippen molar-refractivity contribution in [2.24, 2.45) is 0 Å². The number of methoxy groups -OCH3 is 2. The van der Waals surface area contributed by atoms with E-state index in [1.807, 2.05) is 24.3 Å². The fourth-order valence-corrected chi connectivity index (χ4v) is 7.92. The van der Waals surface area contributed by atoms with E-state index in [2.05, 4.69) is 77.1 Å². The van der Waals surface area contributed by atoms with Gasteiger partial charge >= 0.3 is 0 Å². The normalized spacial score (nSPS) is 11.9. The molecule has 9 heteroatoms. The van der Waals surface area contributed by atoms with E-state index in [0.29, 0.717) is 49.3 Å². The number of hydrogen-bond acceptors (Lipinski definition) is 6. The maximum Gasteiger partial charge on any atom is 0.253 e. The van der Waals surface area contributed by atoms with E-state index in [9.17, 15) is 14.0 Å². The molecule has 8 nitrogen and oxygen atoms in total. The van der Waals surface area contributed by atoms with E-state index in [1.54, 1.807) is 50.9 Å². The van der Waals surface area contributed by atoms with Gasteiger partial charge in [-0.3, -0.25) is 19.6 Å². The van der Waals surface area contributed by atoms with Crippen molar-refractivity contribution in [2.45, 2.75) is 76.2 Å². The molecule has 1 atom stereocenters. The fraction of sp³-hybridized carbons (Fsp3) is 0.306. The summed E-state index contributed by atoms with van der Waals surface area (Å²) in [7, 11) is 3.27. The average molecular weight is 781 g/mol. The van der Waals surface area contributed by atoms with Gasteiger partial charge in [-0.25, -0.2) is 4.39 Å². The van der Waals surface area contributed by atoms with Crippen molar-refractivity contribution in [3.8, 4) is 11.5 Å². The van der Waals surface area contributed by atoms with Crippen molar-refractivity contribution in [3.05, 3.63) is 167 Å². The number of carbonyl (C=O) groups is 2. The number of amides is 2. The van der Waals surface area contributed by atoms with Gasteiger partial charge in [0.25, 0.3) is 5.91 Å². The maximum atomic E-state index is 13.4. The zero-order valence-corrected chi connectivity index (χ0v) is 33.7. The lowest BCUT2D eigenvalue weighted by Crippen LogP contribution is -2.31. The third kappa shape index (κ3) is 10.4. The molecule has 0 bridgehead atoms. The predicted molar refractivity (Wildman–Crippen MR) is 228 cm³/mol. The van der Waals surface area contributed by atoms with Gasteiger partial charge in [-0.05, 0) is 109 Å². The molecule has 0 aliphatic heterocycles. The molecular weight excluding hydrogens is 728 g/mol. The van der Waals surface area contributed by atoms with Gasteiger partial charge in [0, 0.05) is 41.9 Å². The van der Waals surface area contributed by atoms with E-state index in [1.165, 1.54) is 23.3 Å². The molecule has 0 fully saturated rings. The summed E-state index contributed by atoms with van der Waals surface area (Å²) in [5.41, 5.74) is 5.27. The van der Waals surface area contributed by atoms with E-state index in [0.717, 1.165) is 59.8 Å². The molecular formula is C49H53FN4O4. The minimum atomic E-state index is -0.335. The molecule has 2 amide bonds. The van der Waals surface area contributed by atoms with Gasteiger partial charge in [0.15, 0.2) is 11.5 Å². The Bertz CT molecular complexity index is 2200. The van der Waals surface area contributed by atoms with Crippen LogP contribution in [-0.4, -0.2) is 42.5 Å². The second kappa shape index (κ2) is 20.4. The summed E-state index contributed by atoms with van der Waals surface area (Å²) in [6.45, 7) is 2.65. The Labute approximate surface area is 341 Å². The molecule has 6 aromatic rings. The quantitative estimate of drug-likeness (QED) is 0.0749. The molecule has 2 N–H and O–H groups in total. The van der Waals surface area contributed by atoms with Gasteiger partial charge in [-0.15, -0.1) is 0 Å². The fourth-order valence-electron chi connectivity index (χ4n) is 7.92. The van der Waals surface area contributed by atoms with Crippen molar-refractivity contribution >= 4 is 22.6 Å². The summed E-state index contributed by atoms with van der Waals surface area (Å²) in [4.78, 5) is 35.7. The van der Waals surface area contributed by atoms with Crippen LogP contribution in [0.25, 0.3) is 10.8 Å². The molecule has 0 saturated heterocycles. The lowest BCUT2D eigenvalue weighted by molar-refractivity contribution is -0.121. The van der Waals surface area contributed by atoms with Crippen molar-refractivity contribution in [3.63, 3.8) is 0 Å². The van der Waals surface area contributed by atoms with Crippen molar-refractivity contribution in [1.29, 1.82) is 0 Å². The number of rotatable bonds is 20. The molecule has 58 heavy (non-hydrogen) atoms. The van der Waals surface area contributed by atoms with Crippen LogP contribution in [0, 0.1) is 5.82 Å². The van der Waals surface area contributed by atoms with Crippen LogP contribution < -0.4 is 20.1 Å². The molecule has 0 saturated carbocycles. The predicted octanol–water partition coefficient (Wildman–Crippen LogP) is 9.90. The first kappa shape index (κ1) is 41.5. The monoisotopic (exact) mass is 780 g/mol. The van der Waals surface area contributed by atoms with E-state index < -0.39 is 0 Å². The standard InChI is InChI=1S/C49H53FN4O4/c1-4-14-43(54-48(56)36-15-12-29-51-34-36)44-31-37-32-45(57-2)46(58-3)33-41(37)42(53-44)20-11-27-49(38-16-7-5-8-17-38,39-18-9-6-10-19-39)28-13-30-52-47(55)26-23-35-21-24-40(50)25-22-35/h5-10,12,15-19,21-22,24-25,29,31-34,43H,4,11,13-14,20,23,26-28,30H2,1-3H3,(H,52,55)(H,54,56). The highest BCUT2D eigenvalue weighted by Crippen LogP contribution is 2.42. The molecule has 6 rings (SSSR count). The third-order valence-electron chi connectivity index (χ3n) is 10.9. The summed E-state index contributed by atoms with van der Waals surface area (Å²) in [6.07, 6.45) is 9.61. The summed E-state index contributed by atoms with van der Waals surface area (Å²) in [5, 5.41) is 8.30. The van der Waals surface area contributed by atoms with Gasteiger partial charge in [-0.2, -0.15) is 0 Å². The van der Waals surface area contributed by atoms with Gasteiger partial charge in [0.1, 0.15) is 5.82 Å². The molecule has 0 radical (unpaired) electrons. The molecule has 300 valence electrons. The van der Waals surface area contributed by atoms with Gasteiger partial charge in [0.05, 0.1) is 31.5 Å². The Morgan fingerprint density at radius 1 is 0.793 bits per heavy atom. The summed E-state index contributed by atoms with van der Waals surface area (Å²) < 4.78 is 24.8. The Morgan fingerprint density at radius 3 is 2.10 bits per heavy atom. The molecule has 0 spiro atoms. The second-order valence-corrected chi connectivity index (χ2v) is 14.7. The van der Waals surface area contributed by atoms with E-state index in [-0.39, 0.29) is 29.1 Å². The van der Waals surface area contributed by atoms with Crippen LogP contribution in [0.4, 0.5) is 4.39 Å². The summed E-state index contributed by atoms with van der Waals surface area (Å²) >= 11 is 0. The highest BCUT2D eigenvalue weighted by molar-refractivity contribution is 5.94. The number of ether oxygens (including phenoxy) is 2. The zero-order valence-electron chi connectivity index (χ0n) is 33.7. The molecule has 1 unspecified atom stereocenters. The number of halogens is 1. The zero-order chi connectivity index (χ0) is 40.7. The van der Waals surface area contributed by atoms with E-state index in [4.69, 9.17) is 14.5 Å². The largest absolute Gasteiger partial charge is 0.493 e. The first-order valence-corrected chi connectivity index (χ1v) is 20.2. The lowest BCUT2D eigenvalue weighted by Gasteiger charge is -2.36. The Hall–Kier alpha value is -6.09. The van der Waals surface area contributed by atoms with Gasteiger partial charge in [-0.1, -0.05) is 86.1 Å². The average Bonchev–Trinajstić information content (AvgIpc) is 3.27. The topological polar surface area (TPSA) is 102 Å². The molecule has 0 aliphatic carbocycles. The number of benzene rings is 4. The van der Waals surface area contributed by atoms with Crippen molar-refractivity contribution < 1.29 is 23.5 Å². The smallest absolute Gasteiger partial charge is 0.253 e. The minimum absolute atomic E-state index is 0.0164. The molecule has 2 heterocycles. The van der Waals surface area contributed by atoms with Crippen LogP contribution in [0.3, 0.4) is 0 Å². The highest BCUT2D eigenvalue weighted by atomic mass is 19.1. The van der Waals surface area contributed by atoms with Gasteiger partial charge < -0.3 is 20.1 Å². The maximum absolute atomic E-state index is 13.4. The number of nitrogens with zero attached hydrogens (tertiary/aromatic N) is 2. The van der Waals surface area contributed by atoms with Crippen molar-refractivity contribution in [1.82, 2.24) is 20.6 Å². The van der Waals surface area contributed by atoms with Crippen LogP contribution in [0.2, 0.25) is 0 Å². The first-order chi connectivity index (χ1) is 28.3. The number of aromatic nitrogens is 2. The second-order valence-electron chi connectivity index (χ2n) is 14.7. The van der Waals surface area contributed by atoms with Crippen LogP contribution >= 0.6 is 0 Å². The minimum Gasteiger partial charge on any atom is -0.493 e. The number of fused-ring (bicyclic) bond motifs is 1. The van der Waals surface area contributed by atoms with Crippen LogP contribution in [-0.2, 0) is 23.1 Å². The van der Waals surface area contributed by atoms with Crippen molar-refractivity contribution in [2.75, 3.05) is 20.8 Å². The SMILES string of the molecule is CCCC(NC(=O)c1cccnc1)c1cc2cc(OC)c(OC)cc2c(CCCC(CCCNC(=O)CCc2ccc(F)cc2)(c2ccccc2)c2ccccc2)n1. The van der Waals surface area contributed by atoms with Gasteiger partial charge in [0.2, 0.25) is 5.91 Å².